The standard InChI is InChI=1S/C45H30N4.C42H29N3.C40H27N5/c1-29-19-20-33-23-24-38-39(27-40(47-44(38)43(33)46-29)36-22-21-30-11-8-9-16-34(30)25-36)35-17-10-18-37(26-35)45-48-41(31-12-4-2-5-13-31)28-42(49-45)32-14-6-3-7-15-32;1-28-21-22-32-23-24-36-37(27-39(31-17-9-4-10-18-31)45-42(36)41(32)43-28)34-19-11-12-20-35(34)40-26-33(29-13-5-2-6-14-29)25-38(44-40)30-15-7-3-8-16-30;1-26-20-21-28-22-23-33-34(25-35(27-12-5-2-6-13-27)42-37(33)36(28)41-26)31-18-11-19-32(24-31)40-44-38(29-14-7-3-8-15-29)43-39(45-40)30-16-9-4-10-17-30/h2-28H,1H3;2-27H,1H3;2-25H,1H3. The Balaban J connectivity index is 0.000000117. The molecular formula is C127H86N12. The average Bonchev–Trinajstić information content (AvgIpc) is 0.754. The zero-order chi connectivity index (χ0) is 93.1. The van der Waals surface area contributed by atoms with Gasteiger partial charge in [-0.25, -0.2) is 44.9 Å². The Kier molecular flexibility index (Phi) is 22.9. The topological polar surface area (TPSA) is 155 Å². The lowest BCUT2D eigenvalue weighted by atomic mass is 9.91. The fourth-order valence-electron chi connectivity index (χ4n) is 18.5. The minimum absolute atomic E-state index is 0.619. The number of nitrogens with zero attached hydrogens (tertiary/aromatic N) is 12. The molecule has 0 fully saturated rings. The maximum Gasteiger partial charge on any atom is 0.164 e. The largest absolute Gasteiger partial charge is 0.251 e. The lowest BCUT2D eigenvalue weighted by Crippen LogP contribution is -2.00. The molecule has 9 heterocycles. The second kappa shape index (κ2) is 37.5. The zero-order valence-electron chi connectivity index (χ0n) is 76.3. The van der Waals surface area contributed by atoms with Crippen LogP contribution in [0.25, 0.3) is 245 Å². The SMILES string of the molecule is Cc1ccc2ccc3c(-c4cccc(-c5nc(-c6ccccc6)cc(-c6ccccc6)n5)c4)cc(-c4ccc5ccccc5c4)nc3c2n1.Cc1ccc2ccc3c(-c4cccc(-c5nc(-c6ccccc6)nc(-c6ccccc6)n5)c4)cc(-c4ccccc4)nc3c2n1.Cc1ccc2ccc3c(-c4ccccc4-c4cc(-c5ccccc5)cc(-c5ccccc5)n4)cc(-c4ccccc4)nc3c2n1. The fraction of sp³-hybridized carbons (Fsp3) is 0.0236. The number of benzene rings is 16. The summed E-state index contributed by atoms with van der Waals surface area (Å²) >= 11 is 0. The van der Waals surface area contributed by atoms with Crippen LogP contribution in [0, 0.1) is 20.8 Å². The van der Waals surface area contributed by atoms with Gasteiger partial charge in [0, 0.05) is 111 Å². The van der Waals surface area contributed by atoms with Crippen molar-refractivity contribution < 1.29 is 0 Å². The number of rotatable bonds is 15. The Morgan fingerprint density at radius 1 is 0.122 bits per heavy atom. The van der Waals surface area contributed by atoms with E-state index in [4.69, 9.17) is 59.8 Å². The molecule has 25 aromatic rings. The van der Waals surface area contributed by atoms with Crippen molar-refractivity contribution in [3.8, 4) is 169 Å². The van der Waals surface area contributed by atoms with Crippen molar-refractivity contribution in [2.24, 2.45) is 0 Å². The van der Waals surface area contributed by atoms with Crippen molar-refractivity contribution >= 4 is 76.2 Å². The third-order valence-electron chi connectivity index (χ3n) is 25.4. The van der Waals surface area contributed by atoms with Crippen LogP contribution in [0.5, 0.6) is 0 Å². The van der Waals surface area contributed by atoms with Crippen LogP contribution in [0.1, 0.15) is 17.1 Å². The molecule has 16 aromatic carbocycles. The van der Waals surface area contributed by atoms with E-state index in [0.29, 0.717) is 23.3 Å². The molecule has 0 radical (unpaired) electrons. The maximum absolute atomic E-state index is 5.29. The first-order valence-electron chi connectivity index (χ1n) is 46.6. The number of hydrogen-bond donors (Lipinski definition) is 0. The molecule has 654 valence electrons. The first-order valence-corrected chi connectivity index (χ1v) is 46.6. The summed E-state index contributed by atoms with van der Waals surface area (Å²) in [5.41, 5.74) is 34.6. The van der Waals surface area contributed by atoms with Gasteiger partial charge < -0.3 is 0 Å². The molecule has 0 saturated heterocycles. The summed E-state index contributed by atoms with van der Waals surface area (Å²) in [7, 11) is 0. The molecule has 0 aliphatic carbocycles. The third-order valence-corrected chi connectivity index (χ3v) is 25.4. The van der Waals surface area contributed by atoms with Crippen molar-refractivity contribution in [3.63, 3.8) is 0 Å². The lowest BCUT2D eigenvalue weighted by molar-refractivity contribution is 1.07. The summed E-state index contributed by atoms with van der Waals surface area (Å²) in [6.45, 7) is 6.08. The number of aromatic nitrogens is 12. The van der Waals surface area contributed by atoms with E-state index < -0.39 is 0 Å². The molecule has 0 amide bonds. The van der Waals surface area contributed by atoms with Crippen molar-refractivity contribution in [1.29, 1.82) is 0 Å². The van der Waals surface area contributed by atoms with Crippen LogP contribution >= 0.6 is 0 Å². The highest BCUT2D eigenvalue weighted by molar-refractivity contribution is 6.13. The average molecular weight is 1780 g/mol. The predicted molar refractivity (Wildman–Crippen MR) is 571 cm³/mol. The quantitative estimate of drug-likeness (QED) is 0.0897. The Morgan fingerprint density at radius 3 is 0.842 bits per heavy atom. The fourth-order valence-corrected chi connectivity index (χ4v) is 18.5. The van der Waals surface area contributed by atoms with Gasteiger partial charge in [0.25, 0.3) is 0 Å². The van der Waals surface area contributed by atoms with Crippen LogP contribution in [0.4, 0.5) is 0 Å². The molecule has 0 aliphatic heterocycles. The third kappa shape index (κ3) is 17.6. The van der Waals surface area contributed by atoms with Crippen LogP contribution < -0.4 is 0 Å². The van der Waals surface area contributed by atoms with Crippen LogP contribution in [0.15, 0.2) is 467 Å². The summed E-state index contributed by atoms with van der Waals surface area (Å²) in [6, 6.07) is 161. The van der Waals surface area contributed by atoms with E-state index in [0.717, 1.165) is 228 Å². The van der Waals surface area contributed by atoms with Gasteiger partial charge in [0.2, 0.25) is 0 Å². The zero-order valence-corrected chi connectivity index (χ0v) is 76.3. The van der Waals surface area contributed by atoms with Crippen LogP contribution in [-0.2, 0) is 0 Å². The number of hydrogen-bond acceptors (Lipinski definition) is 12. The van der Waals surface area contributed by atoms with E-state index in [1.807, 2.05) is 154 Å². The summed E-state index contributed by atoms with van der Waals surface area (Å²) in [5, 5.41) is 8.76. The smallest absolute Gasteiger partial charge is 0.164 e. The second-order valence-corrected chi connectivity index (χ2v) is 34.7. The van der Waals surface area contributed by atoms with E-state index in [1.165, 1.54) is 10.8 Å². The Bertz CT molecular complexity index is 8780. The second-order valence-electron chi connectivity index (χ2n) is 34.7. The number of fused-ring (bicyclic) bond motifs is 10. The predicted octanol–water partition coefficient (Wildman–Crippen LogP) is 31.8. The highest BCUT2D eigenvalue weighted by Crippen LogP contribution is 2.45. The van der Waals surface area contributed by atoms with Gasteiger partial charge in [-0.05, 0) is 149 Å². The van der Waals surface area contributed by atoms with Gasteiger partial charge in [0.05, 0.1) is 73.0 Å². The van der Waals surface area contributed by atoms with Crippen LogP contribution in [0.2, 0.25) is 0 Å². The van der Waals surface area contributed by atoms with Crippen molar-refractivity contribution in [1.82, 2.24) is 59.8 Å². The van der Waals surface area contributed by atoms with Crippen molar-refractivity contribution in [2.45, 2.75) is 20.8 Å². The van der Waals surface area contributed by atoms with E-state index in [2.05, 4.69) is 334 Å². The van der Waals surface area contributed by atoms with E-state index in [9.17, 15) is 0 Å². The highest BCUT2D eigenvalue weighted by Gasteiger charge is 2.24. The lowest BCUT2D eigenvalue weighted by Gasteiger charge is -2.16. The first kappa shape index (κ1) is 84.7. The molecule has 12 heteroatoms. The molecule has 0 N–H and O–H groups in total. The molecule has 25 rings (SSSR count). The molecule has 0 unspecified atom stereocenters. The molecule has 12 nitrogen and oxygen atoms in total. The Hall–Kier alpha value is -18.5. The molecule has 9 aromatic heterocycles. The summed E-state index contributed by atoms with van der Waals surface area (Å²) in [6.07, 6.45) is 0. The highest BCUT2D eigenvalue weighted by atomic mass is 15.0. The molecular weight excluding hydrogens is 1690 g/mol. The Morgan fingerprint density at radius 2 is 0.417 bits per heavy atom. The molecule has 0 bridgehead atoms. The van der Waals surface area contributed by atoms with Gasteiger partial charge in [-0.3, -0.25) is 15.0 Å². The first-order chi connectivity index (χ1) is 68.6. The minimum Gasteiger partial charge on any atom is -0.251 e. The number of aryl methyl sites for hydroxylation is 3. The Labute approximate surface area is 804 Å². The van der Waals surface area contributed by atoms with Crippen LogP contribution in [0.3, 0.4) is 0 Å². The van der Waals surface area contributed by atoms with Crippen molar-refractivity contribution in [3.05, 3.63) is 484 Å². The summed E-state index contributed by atoms with van der Waals surface area (Å²) < 4.78 is 0. The van der Waals surface area contributed by atoms with Gasteiger partial charge in [-0.15, -0.1) is 0 Å². The summed E-state index contributed by atoms with van der Waals surface area (Å²) in [4.78, 5) is 60.9. The normalized spacial score (nSPS) is 11.3. The van der Waals surface area contributed by atoms with Gasteiger partial charge in [0.15, 0.2) is 23.3 Å². The monoisotopic (exact) mass is 1780 g/mol. The molecule has 0 atom stereocenters. The summed E-state index contributed by atoms with van der Waals surface area (Å²) in [5.74, 6) is 2.57. The van der Waals surface area contributed by atoms with E-state index >= 15 is 0 Å². The maximum atomic E-state index is 5.29. The molecule has 139 heavy (non-hydrogen) atoms. The van der Waals surface area contributed by atoms with Gasteiger partial charge in [0.1, 0.15) is 0 Å². The van der Waals surface area contributed by atoms with E-state index in [-0.39, 0.29) is 0 Å². The van der Waals surface area contributed by atoms with Gasteiger partial charge in [-0.1, -0.05) is 394 Å². The van der Waals surface area contributed by atoms with Crippen LogP contribution in [-0.4, -0.2) is 59.8 Å². The minimum atomic E-state index is 0.619. The number of pyridine rings is 7. The van der Waals surface area contributed by atoms with Gasteiger partial charge >= 0.3 is 0 Å². The molecule has 0 spiro atoms. The molecule has 0 saturated carbocycles. The molecule has 0 aliphatic rings. The van der Waals surface area contributed by atoms with E-state index in [1.54, 1.807) is 0 Å². The van der Waals surface area contributed by atoms with Gasteiger partial charge in [-0.2, -0.15) is 0 Å². The van der Waals surface area contributed by atoms with Crippen molar-refractivity contribution in [2.75, 3.05) is 0 Å².